The Morgan fingerprint density at radius 1 is 1.62 bits per heavy atom. The number of nitrogens with zero attached hydrogens (tertiary/aromatic N) is 1. The maximum Gasteiger partial charge on any atom is 0.268 e. The third kappa shape index (κ3) is 2.08. The first-order chi connectivity index (χ1) is 6.07. The van der Waals surface area contributed by atoms with Crippen LogP contribution in [0, 0.1) is 0 Å². The van der Waals surface area contributed by atoms with E-state index in [1.54, 1.807) is 0 Å². The van der Waals surface area contributed by atoms with Crippen molar-refractivity contribution in [3.63, 3.8) is 0 Å². The minimum atomic E-state index is -2.75. The van der Waals surface area contributed by atoms with Crippen molar-refractivity contribution in [3.8, 4) is 5.75 Å². The number of aromatic hydroxyl groups is 1. The molecule has 2 nitrogen and oxygen atoms in total. The molecule has 0 aliphatic heterocycles. The van der Waals surface area contributed by atoms with Gasteiger partial charge in [0.15, 0.2) is 0 Å². The molecule has 0 aliphatic rings. The van der Waals surface area contributed by atoms with Crippen LogP contribution in [-0.4, -0.2) is 10.1 Å². The molecule has 1 rings (SSSR count). The van der Waals surface area contributed by atoms with Crippen LogP contribution in [0.3, 0.4) is 0 Å². The summed E-state index contributed by atoms with van der Waals surface area (Å²) >= 11 is 8.35. The second kappa shape index (κ2) is 4.19. The summed E-state index contributed by atoms with van der Waals surface area (Å²) in [6.07, 6.45) is -1.79. The SMILES string of the molecule is Oc1cnc(CCl)c(Br)c1C(F)F. The van der Waals surface area contributed by atoms with Crippen LogP contribution < -0.4 is 0 Å². The number of alkyl halides is 3. The summed E-state index contributed by atoms with van der Waals surface area (Å²) in [4.78, 5) is 3.68. The van der Waals surface area contributed by atoms with Crippen molar-refractivity contribution in [1.82, 2.24) is 4.98 Å². The van der Waals surface area contributed by atoms with Gasteiger partial charge in [-0.25, -0.2) is 8.78 Å². The van der Waals surface area contributed by atoms with E-state index >= 15 is 0 Å². The molecule has 0 atom stereocenters. The Morgan fingerprint density at radius 2 is 2.23 bits per heavy atom. The molecule has 1 aromatic rings. The van der Waals surface area contributed by atoms with Gasteiger partial charge < -0.3 is 5.11 Å². The summed E-state index contributed by atoms with van der Waals surface area (Å²) in [6.45, 7) is 0. The molecule has 0 radical (unpaired) electrons. The predicted molar refractivity (Wildman–Crippen MR) is 48.1 cm³/mol. The van der Waals surface area contributed by atoms with E-state index in [0.717, 1.165) is 6.20 Å². The highest BCUT2D eigenvalue weighted by Gasteiger charge is 2.19. The van der Waals surface area contributed by atoms with Crippen molar-refractivity contribution in [1.29, 1.82) is 0 Å². The van der Waals surface area contributed by atoms with E-state index in [1.807, 2.05) is 0 Å². The van der Waals surface area contributed by atoms with E-state index in [1.165, 1.54) is 0 Å². The summed E-state index contributed by atoms with van der Waals surface area (Å²) in [5, 5.41) is 9.07. The second-order valence-electron chi connectivity index (χ2n) is 2.25. The van der Waals surface area contributed by atoms with Gasteiger partial charge in [0.1, 0.15) is 5.75 Å². The monoisotopic (exact) mass is 271 g/mol. The molecule has 0 fully saturated rings. The molecule has 0 aromatic carbocycles. The Morgan fingerprint density at radius 3 is 2.69 bits per heavy atom. The van der Waals surface area contributed by atoms with E-state index in [2.05, 4.69) is 20.9 Å². The Kier molecular flexibility index (Phi) is 3.44. The molecule has 0 amide bonds. The van der Waals surface area contributed by atoms with Crippen molar-refractivity contribution in [2.75, 3.05) is 0 Å². The molecule has 1 N–H and O–H groups in total. The average molecular weight is 272 g/mol. The fraction of sp³-hybridized carbons (Fsp3) is 0.286. The molecule has 0 unspecified atom stereocenters. The molecule has 0 bridgehead atoms. The zero-order valence-electron chi connectivity index (χ0n) is 6.27. The Bertz CT molecular complexity index is 322. The molecule has 1 heterocycles. The van der Waals surface area contributed by atoms with Crippen molar-refractivity contribution < 1.29 is 13.9 Å². The minimum Gasteiger partial charge on any atom is -0.506 e. The summed E-state index contributed by atoms with van der Waals surface area (Å²) in [5.74, 6) is -0.517. The largest absolute Gasteiger partial charge is 0.506 e. The van der Waals surface area contributed by atoms with E-state index < -0.39 is 17.7 Å². The molecule has 1 aromatic heterocycles. The number of halogens is 4. The molecule has 0 spiro atoms. The molecular weight excluding hydrogens is 267 g/mol. The Labute approximate surface area is 86.7 Å². The van der Waals surface area contributed by atoms with Crippen molar-refractivity contribution in [3.05, 3.63) is 21.9 Å². The quantitative estimate of drug-likeness (QED) is 0.839. The second-order valence-corrected chi connectivity index (χ2v) is 3.31. The van der Waals surface area contributed by atoms with Crippen LogP contribution in [0.4, 0.5) is 8.78 Å². The standard InChI is InChI=1S/C7H5BrClF2NO/c8-6-3(1-9)12-2-4(13)5(6)7(10)11/h2,7,13H,1H2. The van der Waals surface area contributed by atoms with Gasteiger partial charge in [-0.3, -0.25) is 4.98 Å². The minimum absolute atomic E-state index is 0.0145. The lowest BCUT2D eigenvalue weighted by Crippen LogP contribution is -1.95. The highest BCUT2D eigenvalue weighted by Crippen LogP contribution is 2.36. The summed E-state index contributed by atoms with van der Waals surface area (Å²) in [5.41, 5.74) is -0.180. The zero-order chi connectivity index (χ0) is 10.0. The highest BCUT2D eigenvalue weighted by molar-refractivity contribution is 9.10. The van der Waals surface area contributed by atoms with Crippen molar-refractivity contribution in [2.24, 2.45) is 0 Å². The normalized spacial score (nSPS) is 10.8. The van der Waals surface area contributed by atoms with Gasteiger partial charge in [-0.15, -0.1) is 11.6 Å². The van der Waals surface area contributed by atoms with Gasteiger partial charge in [0.25, 0.3) is 6.43 Å². The summed E-state index contributed by atoms with van der Waals surface area (Å²) < 4.78 is 24.8. The zero-order valence-corrected chi connectivity index (χ0v) is 8.61. The van der Waals surface area contributed by atoms with Crippen LogP contribution in [-0.2, 0) is 5.88 Å². The van der Waals surface area contributed by atoms with Crippen LogP contribution >= 0.6 is 27.5 Å². The number of pyridine rings is 1. The van der Waals surface area contributed by atoms with Crippen LogP contribution in [0.2, 0.25) is 0 Å². The number of rotatable bonds is 2. The van der Waals surface area contributed by atoms with Crippen LogP contribution in [0.1, 0.15) is 17.7 Å². The van der Waals surface area contributed by atoms with Crippen molar-refractivity contribution in [2.45, 2.75) is 12.3 Å². The van der Waals surface area contributed by atoms with Gasteiger partial charge in [0, 0.05) is 0 Å². The van der Waals surface area contributed by atoms with Crippen LogP contribution in [0.5, 0.6) is 5.75 Å². The summed E-state index contributed by atoms with van der Waals surface area (Å²) in [6, 6.07) is 0. The number of aromatic nitrogens is 1. The van der Waals surface area contributed by atoms with Gasteiger partial charge in [-0.1, -0.05) is 0 Å². The Balaban J connectivity index is 3.30. The highest BCUT2D eigenvalue weighted by atomic mass is 79.9. The van der Waals surface area contributed by atoms with Gasteiger partial charge in [-0.2, -0.15) is 0 Å². The maximum absolute atomic E-state index is 12.3. The molecule has 0 saturated heterocycles. The van der Waals surface area contributed by atoms with Gasteiger partial charge in [0.2, 0.25) is 0 Å². The number of hydrogen-bond acceptors (Lipinski definition) is 2. The lowest BCUT2D eigenvalue weighted by Gasteiger charge is -2.07. The van der Waals surface area contributed by atoms with Gasteiger partial charge in [0.05, 0.1) is 27.8 Å². The summed E-state index contributed by atoms with van der Waals surface area (Å²) in [7, 11) is 0. The van der Waals surface area contributed by atoms with E-state index in [4.69, 9.17) is 16.7 Å². The average Bonchev–Trinajstić information content (AvgIpc) is 2.04. The molecule has 0 aliphatic carbocycles. The fourth-order valence-corrected chi connectivity index (χ4v) is 1.82. The lowest BCUT2D eigenvalue weighted by molar-refractivity contribution is 0.146. The van der Waals surface area contributed by atoms with Gasteiger partial charge >= 0.3 is 0 Å². The van der Waals surface area contributed by atoms with Crippen LogP contribution in [0.15, 0.2) is 10.7 Å². The topological polar surface area (TPSA) is 33.1 Å². The van der Waals surface area contributed by atoms with E-state index in [-0.39, 0.29) is 16.0 Å². The fourth-order valence-electron chi connectivity index (χ4n) is 0.834. The third-order valence-corrected chi connectivity index (χ3v) is 2.59. The predicted octanol–water partition coefficient (Wildman–Crippen LogP) is 3.23. The molecule has 72 valence electrons. The first-order valence-corrected chi connectivity index (χ1v) is 4.61. The first-order valence-electron chi connectivity index (χ1n) is 3.28. The lowest BCUT2D eigenvalue weighted by atomic mass is 10.2. The molecule has 0 saturated carbocycles. The molecule has 13 heavy (non-hydrogen) atoms. The third-order valence-electron chi connectivity index (χ3n) is 1.45. The molecule has 6 heteroatoms. The Hall–Kier alpha value is -0.420. The van der Waals surface area contributed by atoms with E-state index in [0.29, 0.717) is 0 Å². The van der Waals surface area contributed by atoms with Crippen molar-refractivity contribution >= 4 is 27.5 Å². The van der Waals surface area contributed by atoms with E-state index in [9.17, 15) is 8.78 Å². The van der Waals surface area contributed by atoms with Gasteiger partial charge in [-0.05, 0) is 15.9 Å². The molecular formula is C7H5BrClF2NO. The number of hydrogen-bond donors (Lipinski definition) is 1. The van der Waals surface area contributed by atoms with Crippen LogP contribution in [0.25, 0.3) is 0 Å². The first kappa shape index (κ1) is 10.7. The maximum atomic E-state index is 12.3. The smallest absolute Gasteiger partial charge is 0.268 e.